The quantitative estimate of drug-likeness (QED) is 0.314. The molecule has 2 aromatic carbocycles. The molecule has 1 fully saturated rings. The number of aryl methyl sites for hydroxylation is 2. The number of halogens is 1. The Bertz CT molecular complexity index is 978. The molecule has 1 aliphatic rings. The molecule has 0 radical (unpaired) electrons. The van der Waals surface area contributed by atoms with Gasteiger partial charge in [0.15, 0.2) is 5.60 Å². The molecular weight excluding hydrogens is 476 g/mol. The number of aliphatic hydroxyl groups is 2. The van der Waals surface area contributed by atoms with Crippen LogP contribution >= 0.6 is 11.6 Å². The molecule has 0 spiro atoms. The van der Waals surface area contributed by atoms with Gasteiger partial charge in [0, 0.05) is 30.9 Å². The zero-order valence-electron chi connectivity index (χ0n) is 19.6. The van der Waals surface area contributed by atoms with Crippen LogP contribution in [0.1, 0.15) is 36.8 Å². The van der Waals surface area contributed by atoms with Crippen molar-refractivity contribution in [1.82, 2.24) is 0 Å². The molecule has 8 nitrogen and oxygen atoms in total. The zero-order valence-corrected chi connectivity index (χ0v) is 20.3. The third-order valence-electron chi connectivity index (χ3n) is 6.20. The first-order valence-corrected chi connectivity index (χ1v) is 11.9. The van der Waals surface area contributed by atoms with Crippen LogP contribution in [-0.4, -0.2) is 64.9 Å². The SMILES string of the molecule is COc1ccc(CCC(=O)O[C@@H]2C[C@](OCCCc3ccc(Cl)cc3)(C(=O)O)C[C@H](O)[C@H]2O)cc1. The first-order chi connectivity index (χ1) is 16.7. The molecule has 1 aliphatic carbocycles. The van der Waals surface area contributed by atoms with Gasteiger partial charge in [-0.25, -0.2) is 4.79 Å². The first-order valence-electron chi connectivity index (χ1n) is 11.5. The predicted molar refractivity (Wildman–Crippen MR) is 129 cm³/mol. The lowest BCUT2D eigenvalue weighted by atomic mass is 9.79. The van der Waals surface area contributed by atoms with Gasteiger partial charge in [0.25, 0.3) is 0 Å². The Kier molecular flexibility index (Phi) is 9.51. The van der Waals surface area contributed by atoms with Crippen molar-refractivity contribution in [1.29, 1.82) is 0 Å². The molecule has 4 atom stereocenters. The molecular formula is C26H31ClO8. The van der Waals surface area contributed by atoms with E-state index in [0.29, 0.717) is 30.0 Å². The van der Waals surface area contributed by atoms with Crippen molar-refractivity contribution in [3.63, 3.8) is 0 Å². The highest BCUT2D eigenvalue weighted by Crippen LogP contribution is 2.35. The van der Waals surface area contributed by atoms with Crippen LogP contribution < -0.4 is 4.74 Å². The summed E-state index contributed by atoms with van der Waals surface area (Å²) >= 11 is 5.89. The molecule has 0 heterocycles. The number of carbonyl (C=O) groups excluding carboxylic acids is 1. The average molecular weight is 507 g/mol. The monoisotopic (exact) mass is 506 g/mol. The minimum Gasteiger partial charge on any atom is -0.497 e. The number of carbonyl (C=O) groups is 2. The van der Waals surface area contributed by atoms with E-state index in [2.05, 4.69) is 0 Å². The number of benzene rings is 2. The third kappa shape index (κ3) is 7.41. The Morgan fingerprint density at radius 1 is 1.00 bits per heavy atom. The minimum absolute atomic E-state index is 0.0354. The Morgan fingerprint density at radius 3 is 2.26 bits per heavy atom. The second kappa shape index (κ2) is 12.4. The van der Waals surface area contributed by atoms with Gasteiger partial charge in [0.05, 0.1) is 13.2 Å². The van der Waals surface area contributed by atoms with E-state index in [1.165, 1.54) is 0 Å². The Labute approximate surface area is 209 Å². The fourth-order valence-electron chi connectivity index (χ4n) is 4.16. The maximum atomic E-state index is 12.4. The summed E-state index contributed by atoms with van der Waals surface area (Å²) in [6.07, 6.45) is -2.92. The Hall–Kier alpha value is -2.65. The van der Waals surface area contributed by atoms with Crippen LogP contribution in [0.25, 0.3) is 0 Å². The van der Waals surface area contributed by atoms with E-state index in [-0.39, 0.29) is 25.9 Å². The molecule has 2 aromatic rings. The predicted octanol–water partition coefficient (Wildman–Crippen LogP) is 3.18. The molecule has 1 saturated carbocycles. The van der Waals surface area contributed by atoms with Crippen molar-refractivity contribution < 1.29 is 39.1 Å². The maximum absolute atomic E-state index is 12.4. The Balaban J connectivity index is 1.56. The van der Waals surface area contributed by atoms with Gasteiger partial charge in [-0.2, -0.15) is 0 Å². The van der Waals surface area contributed by atoms with E-state index >= 15 is 0 Å². The van der Waals surface area contributed by atoms with Crippen molar-refractivity contribution in [3.8, 4) is 5.75 Å². The topological polar surface area (TPSA) is 123 Å². The van der Waals surface area contributed by atoms with Crippen molar-refractivity contribution in [2.45, 2.75) is 62.4 Å². The molecule has 0 saturated heterocycles. The highest BCUT2D eigenvalue weighted by atomic mass is 35.5. The van der Waals surface area contributed by atoms with Crippen LogP contribution in [-0.2, 0) is 31.9 Å². The third-order valence-corrected chi connectivity index (χ3v) is 6.45. The summed E-state index contributed by atoms with van der Waals surface area (Å²) in [5.74, 6) is -1.16. The van der Waals surface area contributed by atoms with Crippen LogP contribution in [0.5, 0.6) is 5.75 Å². The van der Waals surface area contributed by atoms with Gasteiger partial charge >= 0.3 is 11.9 Å². The van der Waals surface area contributed by atoms with Crippen LogP contribution in [0.2, 0.25) is 5.02 Å². The van der Waals surface area contributed by atoms with Gasteiger partial charge < -0.3 is 29.5 Å². The van der Waals surface area contributed by atoms with Gasteiger partial charge in [0.1, 0.15) is 18.0 Å². The minimum atomic E-state index is -1.76. The molecule has 35 heavy (non-hydrogen) atoms. The Morgan fingerprint density at radius 2 is 1.63 bits per heavy atom. The fourth-order valence-corrected chi connectivity index (χ4v) is 4.29. The number of esters is 1. The molecule has 9 heteroatoms. The number of carboxylic acid groups (broad SMARTS) is 1. The molecule has 190 valence electrons. The van der Waals surface area contributed by atoms with E-state index in [4.69, 9.17) is 25.8 Å². The number of hydrogen-bond acceptors (Lipinski definition) is 7. The van der Waals surface area contributed by atoms with Gasteiger partial charge in [-0.15, -0.1) is 0 Å². The molecule has 3 N–H and O–H groups in total. The second-order valence-corrected chi connectivity index (χ2v) is 9.16. The van der Waals surface area contributed by atoms with Crippen molar-refractivity contribution in [3.05, 3.63) is 64.7 Å². The van der Waals surface area contributed by atoms with E-state index < -0.39 is 35.9 Å². The number of hydrogen-bond donors (Lipinski definition) is 3. The summed E-state index contributed by atoms with van der Waals surface area (Å²) in [7, 11) is 1.57. The van der Waals surface area contributed by atoms with Crippen LogP contribution in [0.4, 0.5) is 0 Å². The highest BCUT2D eigenvalue weighted by Gasteiger charge is 2.52. The number of aliphatic hydroxyl groups excluding tert-OH is 2. The summed E-state index contributed by atoms with van der Waals surface area (Å²) < 4.78 is 16.3. The normalized spacial score (nSPS) is 24.1. The molecule has 0 aliphatic heterocycles. The van der Waals surface area contributed by atoms with E-state index in [1.807, 2.05) is 24.3 Å². The van der Waals surface area contributed by atoms with Gasteiger partial charge in [-0.3, -0.25) is 4.79 Å². The molecule has 0 unspecified atom stereocenters. The van der Waals surface area contributed by atoms with Gasteiger partial charge in [-0.05, 0) is 54.7 Å². The maximum Gasteiger partial charge on any atom is 0.336 e. The lowest BCUT2D eigenvalue weighted by Gasteiger charge is -2.42. The molecule has 0 amide bonds. The fraction of sp³-hybridized carbons (Fsp3) is 0.462. The number of aliphatic carboxylic acids is 1. The summed E-state index contributed by atoms with van der Waals surface area (Å²) in [6, 6.07) is 14.6. The molecule has 0 bridgehead atoms. The van der Waals surface area contributed by atoms with Crippen LogP contribution in [0.15, 0.2) is 48.5 Å². The van der Waals surface area contributed by atoms with E-state index in [1.54, 1.807) is 31.4 Å². The van der Waals surface area contributed by atoms with Gasteiger partial charge in [-0.1, -0.05) is 35.9 Å². The summed E-state index contributed by atoms with van der Waals surface area (Å²) in [4.78, 5) is 24.6. The first kappa shape index (κ1) is 26.9. The number of methoxy groups -OCH3 is 1. The van der Waals surface area contributed by atoms with E-state index in [9.17, 15) is 24.9 Å². The second-order valence-electron chi connectivity index (χ2n) is 8.72. The smallest absolute Gasteiger partial charge is 0.336 e. The standard InChI is InChI=1S/C26H31ClO8/c1-33-20-11-6-18(7-12-20)8-13-23(29)35-22-16-26(25(31)32,15-21(28)24(22)30)34-14-2-3-17-4-9-19(27)10-5-17/h4-7,9-12,21-22,24,28,30H,2-3,8,13-16H2,1H3,(H,31,32)/t21-,22+,24+,26-/m0/s1. The average Bonchev–Trinajstić information content (AvgIpc) is 2.85. The summed E-state index contributed by atoms with van der Waals surface area (Å²) in [6.45, 7) is 0.121. The lowest BCUT2D eigenvalue weighted by Crippen LogP contribution is -2.58. The molecule has 0 aromatic heterocycles. The molecule has 3 rings (SSSR count). The summed E-state index contributed by atoms with van der Waals surface area (Å²) in [5.41, 5.74) is 0.167. The van der Waals surface area contributed by atoms with Crippen LogP contribution in [0.3, 0.4) is 0 Å². The number of ether oxygens (including phenoxy) is 3. The number of carboxylic acids is 1. The zero-order chi connectivity index (χ0) is 25.4. The lowest BCUT2D eigenvalue weighted by molar-refractivity contribution is -0.208. The van der Waals surface area contributed by atoms with Crippen molar-refractivity contribution >= 4 is 23.5 Å². The van der Waals surface area contributed by atoms with Gasteiger partial charge in [0.2, 0.25) is 0 Å². The number of rotatable bonds is 11. The van der Waals surface area contributed by atoms with Crippen molar-refractivity contribution in [2.75, 3.05) is 13.7 Å². The highest BCUT2D eigenvalue weighted by molar-refractivity contribution is 6.30. The van der Waals surface area contributed by atoms with Crippen molar-refractivity contribution in [2.24, 2.45) is 0 Å². The largest absolute Gasteiger partial charge is 0.497 e. The van der Waals surface area contributed by atoms with E-state index in [0.717, 1.165) is 11.1 Å². The summed E-state index contributed by atoms with van der Waals surface area (Å²) in [5, 5.41) is 31.3. The van der Waals surface area contributed by atoms with Crippen LogP contribution in [0, 0.1) is 0 Å².